The molecule has 2 atom stereocenters. The number of carbonyl (C=O) groups excluding carboxylic acids is 1. The van der Waals surface area contributed by atoms with E-state index in [0.717, 1.165) is 6.07 Å². The van der Waals surface area contributed by atoms with E-state index < -0.39 is 17.4 Å². The van der Waals surface area contributed by atoms with Crippen molar-refractivity contribution >= 4 is 5.78 Å². The number of aryl methyl sites for hydroxylation is 1. The quantitative estimate of drug-likeness (QED) is 0.803. The lowest BCUT2D eigenvalue weighted by molar-refractivity contribution is 0.0905. The molecule has 0 bridgehead atoms. The minimum absolute atomic E-state index is 0.0261. The highest BCUT2D eigenvalue weighted by Gasteiger charge is 2.33. The summed E-state index contributed by atoms with van der Waals surface area (Å²) in [6, 6.07) is 2.47. The third-order valence-electron chi connectivity index (χ3n) is 3.39. The molecule has 92 valence electrons. The third-order valence-corrected chi connectivity index (χ3v) is 3.39. The zero-order chi connectivity index (χ0) is 12.6. The Morgan fingerprint density at radius 3 is 2.71 bits per heavy atom. The van der Waals surface area contributed by atoms with E-state index in [1.54, 1.807) is 0 Å². The number of carbonyl (C=O) groups is 1. The Morgan fingerprint density at radius 2 is 2.12 bits per heavy atom. The van der Waals surface area contributed by atoms with Crippen LogP contribution in [0.3, 0.4) is 0 Å². The van der Waals surface area contributed by atoms with Gasteiger partial charge < -0.3 is 5.32 Å². The highest BCUT2D eigenvalue weighted by Crippen LogP contribution is 2.25. The van der Waals surface area contributed by atoms with Gasteiger partial charge in [-0.1, -0.05) is 6.07 Å². The van der Waals surface area contributed by atoms with Crippen LogP contribution in [0.1, 0.15) is 29.3 Å². The Balaban J connectivity index is 2.40. The normalized spacial score (nSPS) is 24.0. The van der Waals surface area contributed by atoms with Gasteiger partial charge in [0.15, 0.2) is 5.78 Å². The second-order valence-corrected chi connectivity index (χ2v) is 4.56. The fraction of sp³-hybridized carbons (Fsp3) is 0.462. The van der Waals surface area contributed by atoms with Crippen molar-refractivity contribution in [2.24, 2.45) is 5.92 Å². The molecule has 1 fully saturated rings. The Bertz CT molecular complexity index is 459. The molecule has 0 aromatic heterocycles. The number of rotatable bonds is 2. The average Bonchev–Trinajstić information content (AvgIpc) is 2.70. The summed E-state index contributed by atoms with van der Waals surface area (Å²) in [5, 5.41) is 3.11. The van der Waals surface area contributed by atoms with E-state index >= 15 is 0 Å². The van der Waals surface area contributed by atoms with Crippen LogP contribution in [0.25, 0.3) is 0 Å². The van der Waals surface area contributed by atoms with E-state index in [0.29, 0.717) is 18.5 Å². The highest BCUT2D eigenvalue weighted by molar-refractivity contribution is 5.99. The van der Waals surface area contributed by atoms with E-state index in [-0.39, 0.29) is 17.5 Å². The minimum atomic E-state index is -0.766. The van der Waals surface area contributed by atoms with Crippen molar-refractivity contribution in [1.82, 2.24) is 5.32 Å². The lowest BCUT2D eigenvalue weighted by atomic mass is 9.90. The first-order valence-electron chi connectivity index (χ1n) is 5.74. The van der Waals surface area contributed by atoms with Crippen molar-refractivity contribution in [3.05, 3.63) is 34.9 Å². The largest absolute Gasteiger partial charge is 0.313 e. The molecule has 17 heavy (non-hydrogen) atoms. The predicted octanol–water partition coefficient (Wildman–Crippen LogP) is 2.45. The maximum atomic E-state index is 13.8. The highest BCUT2D eigenvalue weighted by atomic mass is 19.1. The van der Waals surface area contributed by atoms with E-state index in [9.17, 15) is 13.6 Å². The molecule has 0 saturated carbocycles. The zero-order valence-electron chi connectivity index (χ0n) is 9.89. The lowest BCUT2D eigenvalue weighted by Gasteiger charge is -2.15. The Morgan fingerprint density at radius 1 is 1.41 bits per heavy atom. The van der Waals surface area contributed by atoms with Crippen molar-refractivity contribution in [2.45, 2.75) is 26.3 Å². The second kappa shape index (κ2) is 4.53. The van der Waals surface area contributed by atoms with Gasteiger partial charge >= 0.3 is 0 Å². The number of ketones is 1. The van der Waals surface area contributed by atoms with Crippen LogP contribution >= 0.6 is 0 Å². The molecule has 1 N–H and O–H groups in total. The lowest BCUT2D eigenvalue weighted by Crippen LogP contribution is -2.29. The number of halogens is 2. The van der Waals surface area contributed by atoms with Crippen LogP contribution < -0.4 is 5.32 Å². The van der Waals surface area contributed by atoms with Crippen LogP contribution in [0, 0.1) is 24.5 Å². The van der Waals surface area contributed by atoms with Crippen LogP contribution in [0.2, 0.25) is 0 Å². The fourth-order valence-corrected chi connectivity index (χ4v) is 2.28. The molecule has 2 rings (SSSR count). The number of nitrogens with one attached hydrogen (secondary N) is 1. The summed E-state index contributed by atoms with van der Waals surface area (Å²) in [6.07, 6.45) is 0.632. The van der Waals surface area contributed by atoms with Gasteiger partial charge in [0.2, 0.25) is 0 Å². The standard InChI is InChI=1S/C13H15F2NO/c1-7-3-4-10(14)11(12(7)15)13(17)9-5-6-16-8(9)2/h3-4,8-9,16H,5-6H2,1-2H3. The van der Waals surface area contributed by atoms with Gasteiger partial charge in [-0.25, -0.2) is 8.78 Å². The molecule has 1 aromatic rings. The summed E-state index contributed by atoms with van der Waals surface area (Å²) in [5.41, 5.74) is -0.0843. The molecule has 2 nitrogen and oxygen atoms in total. The van der Waals surface area contributed by atoms with Gasteiger partial charge in [0, 0.05) is 12.0 Å². The van der Waals surface area contributed by atoms with Crippen LogP contribution in [0.15, 0.2) is 12.1 Å². The molecule has 0 aliphatic carbocycles. The summed E-state index contributed by atoms with van der Waals surface area (Å²) in [6.45, 7) is 4.11. The van der Waals surface area contributed by atoms with Crippen molar-refractivity contribution < 1.29 is 13.6 Å². The monoisotopic (exact) mass is 239 g/mol. The van der Waals surface area contributed by atoms with Crippen molar-refractivity contribution in [2.75, 3.05) is 6.54 Å². The van der Waals surface area contributed by atoms with Crippen LogP contribution in [0.5, 0.6) is 0 Å². The van der Waals surface area contributed by atoms with Gasteiger partial charge in [-0.2, -0.15) is 0 Å². The Kier molecular flexibility index (Phi) is 3.24. The molecule has 0 spiro atoms. The molecule has 1 aliphatic heterocycles. The smallest absolute Gasteiger partial charge is 0.173 e. The van der Waals surface area contributed by atoms with Gasteiger partial charge in [-0.15, -0.1) is 0 Å². The number of Topliss-reactive ketones (excluding diaryl/α,β-unsaturated/α-hetero) is 1. The second-order valence-electron chi connectivity index (χ2n) is 4.56. The van der Waals surface area contributed by atoms with E-state index in [2.05, 4.69) is 5.32 Å². The first-order valence-corrected chi connectivity index (χ1v) is 5.74. The zero-order valence-corrected chi connectivity index (χ0v) is 9.89. The predicted molar refractivity (Wildman–Crippen MR) is 61.0 cm³/mol. The SMILES string of the molecule is Cc1ccc(F)c(C(=O)C2CCNC2C)c1F. The Labute approximate surface area is 99.0 Å². The molecular weight excluding hydrogens is 224 g/mol. The summed E-state index contributed by atoms with van der Waals surface area (Å²) in [4.78, 5) is 12.1. The molecule has 1 aliphatic rings. The number of hydrogen-bond donors (Lipinski definition) is 1. The molecule has 2 unspecified atom stereocenters. The first-order chi connectivity index (χ1) is 8.02. The van der Waals surface area contributed by atoms with E-state index in [1.165, 1.54) is 13.0 Å². The molecule has 1 saturated heterocycles. The maximum Gasteiger partial charge on any atom is 0.173 e. The minimum Gasteiger partial charge on any atom is -0.313 e. The maximum absolute atomic E-state index is 13.8. The molecule has 1 heterocycles. The van der Waals surface area contributed by atoms with Crippen LogP contribution in [-0.4, -0.2) is 18.4 Å². The summed E-state index contributed by atoms with van der Waals surface area (Å²) < 4.78 is 27.4. The van der Waals surface area contributed by atoms with Crippen LogP contribution in [-0.2, 0) is 0 Å². The van der Waals surface area contributed by atoms with Crippen molar-refractivity contribution in [3.8, 4) is 0 Å². The molecular formula is C13H15F2NO. The van der Waals surface area contributed by atoms with Gasteiger partial charge in [0.25, 0.3) is 0 Å². The van der Waals surface area contributed by atoms with Gasteiger partial charge in [-0.3, -0.25) is 4.79 Å². The number of benzene rings is 1. The third kappa shape index (κ3) is 2.09. The number of hydrogen-bond acceptors (Lipinski definition) is 2. The van der Waals surface area contributed by atoms with Crippen molar-refractivity contribution in [1.29, 1.82) is 0 Å². The molecule has 4 heteroatoms. The molecule has 0 amide bonds. The Hall–Kier alpha value is -1.29. The van der Waals surface area contributed by atoms with E-state index in [4.69, 9.17) is 0 Å². The van der Waals surface area contributed by atoms with E-state index in [1.807, 2.05) is 6.92 Å². The average molecular weight is 239 g/mol. The van der Waals surface area contributed by atoms with Crippen molar-refractivity contribution in [3.63, 3.8) is 0 Å². The summed E-state index contributed by atoms with van der Waals surface area (Å²) in [5.74, 6) is -2.26. The van der Waals surface area contributed by atoms with Gasteiger partial charge in [0.1, 0.15) is 11.6 Å². The molecule has 0 radical (unpaired) electrons. The summed E-state index contributed by atoms with van der Waals surface area (Å²) in [7, 11) is 0. The fourth-order valence-electron chi connectivity index (χ4n) is 2.28. The summed E-state index contributed by atoms with van der Waals surface area (Å²) >= 11 is 0. The molecule has 1 aromatic carbocycles. The first kappa shape index (κ1) is 12.2. The van der Waals surface area contributed by atoms with Gasteiger partial charge in [-0.05, 0) is 38.4 Å². The van der Waals surface area contributed by atoms with Crippen LogP contribution in [0.4, 0.5) is 8.78 Å². The topological polar surface area (TPSA) is 29.1 Å². The van der Waals surface area contributed by atoms with Gasteiger partial charge in [0.05, 0.1) is 5.56 Å².